The van der Waals surface area contributed by atoms with Crippen LogP contribution in [0.25, 0.3) is 22.2 Å². The summed E-state index contributed by atoms with van der Waals surface area (Å²) in [6.45, 7) is 12.0. The van der Waals surface area contributed by atoms with Gasteiger partial charge in [-0.05, 0) is 77.6 Å². The highest BCUT2D eigenvalue weighted by molar-refractivity contribution is 6.30. The molecule has 1 fully saturated rings. The van der Waals surface area contributed by atoms with Crippen LogP contribution >= 0.6 is 11.6 Å². The smallest absolute Gasteiger partial charge is 0.337 e. The van der Waals surface area contributed by atoms with Gasteiger partial charge in [0.1, 0.15) is 5.65 Å². The maximum atomic E-state index is 12.5. The number of rotatable bonds is 6. The molecule has 178 valence electrons. The number of fused-ring (bicyclic) bond motifs is 1. The van der Waals surface area contributed by atoms with E-state index in [1.807, 2.05) is 53.7 Å². The van der Waals surface area contributed by atoms with Crippen molar-refractivity contribution in [2.75, 3.05) is 0 Å². The molecule has 1 saturated carbocycles. The Morgan fingerprint density at radius 3 is 2.38 bits per heavy atom. The lowest BCUT2D eigenvalue weighted by molar-refractivity contribution is -0.160. The first kappa shape index (κ1) is 24.3. The Bertz CT molecular complexity index is 1320. The molecule has 1 atom stereocenters. The summed E-state index contributed by atoms with van der Waals surface area (Å²) in [6.07, 6.45) is 0.562. The van der Waals surface area contributed by atoms with E-state index in [1.54, 1.807) is 12.1 Å². The Morgan fingerprint density at radius 2 is 1.88 bits per heavy atom. The predicted molar refractivity (Wildman–Crippen MR) is 133 cm³/mol. The molecule has 0 spiro atoms. The third kappa shape index (κ3) is 4.31. The average molecular weight is 480 g/mol. The molecule has 6 nitrogen and oxygen atoms in total. The molecular weight excluding hydrogens is 450 g/mol. The summed E-state index contributed by atoms with van der Waals surface area (Å²) in [5.41, 5.74) is 4.55. The molecule has 1 aromatic carbocycles. The Balaban J connectivity index is 2.08. The van der Waals surface area contributed by atoms with Crippen molar-refractivity contribution in [2.24, 2.45) is 5.41 Å². The zero-order valence-corrected chi connectivity index (χ0v) is 21.2. The van der Waals surface area contributed by atoms with E-state index in [1.165, 1.54) is 0 Å². The first-order chi connectivity index (χ1) is 15.9. The number of ether oxygens (including phenoxy) is 1. The molecule has 1 aliphatic carbocycles. The third-order valence-electron chi connectivity index (χ3n) is 6.63. The van der Waals surface area contributed by atoms with Crippen molar-refractivity contribution in [2.45, 2.75) is 72.6 Å². The molecule has 7 heteroatoms. The van der Waals surface area contributed by atoms with Crippen LogP contribution in [-0.4, -0.2) is 26.2 Å². The number of hydrogen-bond donors (Lipinski definition) is 1. The summed E-state index contributed by atoms with van der Waals surface area (Å²) in [5, 5.41) is 21.4. The molecule has 3 aromatic rings. The van der Waals surface area contributed by atoms with Crippen LogP contribution in [0.3, 0.4) is 0 Å². The van der Waals surface area contributed by atoms with Gasteiger partial charge in [-0.1, -0.05) is 23.7 Å². The SMILES string of the molecule is Cc1nc2c(c(C)c(C)n2CC2(C#N)CC2)c(-c2ccc(Cl)cc2)c1[C@H](OC(C)(C)C)C(=O)O. The normalized spacial score (nSPS) is 15.8. The van der Waals surface area contributed by atoms with Gasteiger partial charge in [0.2, 0.25) is 0 Å². The van der Waals surface area contributed by atoms with Crippen molar-refractivity contribution in [3.05, 3.63) is 51.8 Å². The number of pyridine rings is 1. The Kier molecular flexibility index (Phi) is 6.00. The summed E-state index contributed by atoms with van der Waals surface area (Å²) >= 11 is 6.18. The van der Waals surface area contributed by atoms with Crippen molar-refractivity contribution < 1.29 is 14.6 Å². The van der Waals surface area contributed by atoms with Crippen LogP contribution in [0.2, 0.25) is 5.02 Å². The number of nitriles is 1. The van der Waals surface area contributed by atoms with Crippen molar-refractivity contribution in [1.29, 1.82) is 5.26 Å². The Morgan fingerprint density at radius 1 is 1.26 bits per heavy atom. The summed E-state index contributed by atoms with van der Waals surface area (Å²) in [6, 6.07) is 9.89. The molecule has 0 unspecified atom stereocenters. The van der Waals surface area contributed by atoms with Gasteiger partial charge in [0.15, 0.2) is 6.10 Å². The van der Waals surface area contributed by atoms with E-state index in [4.69, 9.17) is 21.3 Å². The number of halogens is 1. The van der Waals surface area contributed by atoms with Crippen LogP contribution in [-0.2, 0) is 16.1 Å². The molecular formula is C27H30ClN3O3. The lowest BCUT2D eigenvalue weighted by Crippen LogP contribution is -2.28. The van der Waals surface area contributed by atoms with E-state index in [2.05, 4.69) is 10.6 Å². The molecule has 0 saturated heterocycles. The van der Waals surface area contributed by atoms with Gasteiger partial charge in [0, 0.05) is 39.5 Å². The van der Waals surface area contributed by atoms with Crippen molar-refractivity contribution in [3.8, 4) is 17.2 Å². The van der Waals surface area contributed by atoms with E-state index < -0.39 is 17.7 Å². The number of aryl methyl sites for hydroxylation is 2. The number of carboxylic acid groups (broad SMARTS) is 1. The summed E-state index contributed by atoms with van der Waals surface area (Å²) in [5.74, 6) is -1.07. The molecule has 0 radical (unpaired) electrons. The molecule has 0 aliphatic heterocycles. The van der Waals surface area contributed by atoms with Gasteiger partial charge in [-0.25, -0.2) is 9.78 Å². The minimum absolute atomic E-state index is 0.350. The van der Waals surface area contributed by atoms with Crippen LogP contribution in [0.1, 0.15) is 62.2 Å². The Hall–Kier alpha value is -2.88. The van der Waals surface area contributed by atoms with Gasteiger partial charge < -0.3 is 14.4 Å². The predicted octanol–water partition coefficient (Wildman–Crippen LogP) is 6.53. The number of hydrogen-bond acceptors (Lipinski definition) is 4. The number of nitrogens with zero attached hydrogens (tertiary/aromatic N) is 3. The maximum Gasteiger partial charge on any atom is 0.337 e. The zero-order valence-electron chi connectivity index (χ0n) is 20.5. The van der Waals surface area contributed by atoms with Gasteiger partial charge in [-0.3, -0.25) is 0 Å². The number of carbonyl (C=O) groups is 1. The zero-order chi connectivity index (χ0) is 25.0. The fourth-order valence-corrected chi connectivity index (χ4v) is 4.70. The maximum absolute atomic E-state index is 12.5. The summed E-state index contributed by atoms with van der Waals surface area (Å²) in [4.78, 5) is 17.4. The molecule has 34 heavy (non-hydrogen) atoms. The highest BCUT2D eigenvalue weighted by Gasteiger charge is 2.44. The second-order valence-corrected chi connectivity index (χ2v) is 10.8. The lowest BCUT2D eigenvalue weighted by atomic mass is 9.91. The van der Waals surface area contributed by atoms with Crippen molar-refractivity contribution in [1.82, 2.24) is 9.55 Å². The molecule has 0 amide bonds. The van der Waals surface area contributed by atoms with Crippen LogP contribution < -0.4 is 0 Å². The monoisotopic (exact) mass is 479 g/mol. The van der Waals surface area contributed by atoms with Gasteiger partial charge >= 0.3 is 5.97 Å². The second kappa shape index (κ2) is 8.41. The highest BCUT2D eigenvalue weighted by atomic mass is 35.5. The van der Waals surface area contributed by atoms with Gasteiger partial charge in [0.25, 0.3) is 0 Å². The number of aliphatic carboxylic acids is 1. The molecule has 1 aliphatic rings. The number of aromatic nitrogens is 2. The van der Waals surface area contributed by atoms with Gasteiger partial charge in [-0.15, -0.1) is 0 Å². The van der Waals surface area contributed by atoms with Crippen LogP contribution in [0.4, 0.5) is 0 Å². The van der Waals surface area contributed by atoms with Gasteiger partial charge in [-0.2, -0.15) is 5.26 Å². The molecule has 2 heterocycles. The molecule has 2 aromatic heterocycles. The average Bonchev–Trinajstić information content (AvgIpc) is 3.50. The summed E-state index contributed by atoms with van der Waals surface area (Å²) < 4.78 is 8.19. The van der Waals surface area contributed by atoms with Crippen molar-refractivity contribution in [3.63, 3.8) is 0 Å². The van der Waals surface area contributed by atoms with E-state index in [-0.39, 0.29) is 5.41 Å². The fourth-order valence-electron chi connectivity index (χ4n) is 4.57. The van der Waals surface area contributed by atoms with Crippen LogP contribution in [0.5, 0.6) is 0 Å². The number of carboxylic acids is 1. The fraction of sp³-hybridized carbons (Fsp3) is 0.444. The van der Waals surface area contributed by atoms with E-state index in [0.717, 1.165) is 46.3 Å². The quantitative estimate of drug-likeness (QED) is 0.434. The molecule has 0 bridgehead atoms. The van der Waals surface area contributed by atoms with Crippen LogP contribution in [0.15, 0.2) is 24.3 Å². The minimum atomic E-state index is -1.19. The van der Waals surface area contributed by atoms with E-state index >= 15 is 0 Å². The minimum Gasteiger partial charge on any atom is -0.479 e. The third-order valence-corrected chi connectivity index (χ3v) is 6.88. The molecule has 1 N–H and O–H groups in total. The molecule has 4 rings (SSSR count). The van der Waals surface area contributed by atoms with E-state index in [0.29, 0.717) is 22.8 Å². The van der Waals surface area contributed by atoms with Crippen molar-refractivity contribution >= 4 is 28.6 Å². The lowest BCUT2D eigenvalue weighted by Gasteiger charge is -2.28. The first-order valence-corrected chi connectivity index (χ1v) is 11.8. The highest BCUT2D eigenvalue weighted by Crippen LogP contribution is 2.48. The topological polar surface area (TPSA) is 88.1 Å². The summed E-state index contributed by atoms with van der Waals surface area (Å²) in [7, 11) is 0. The standard InChI is InChI=1S/C27H30ClN3O3/c1-15-17(3)31(14-27(13-29)11-12-27)24-20(15)22(18-7-9-19(28)10-8-18)21(16(2)30-24)23(25(32)33)34-26(4,5)6/h7-10,23H,11-12,14H2,1-6H3,(H,32,33)/t23-/m0/s1. The van der Waals surface area contributed by atoms with E-state index in [9.17, 15) is 15.2 Å². The largest absolute Gasteiger partial charge is 0.479 e. The Labute approximate surface area is 205 Å². The second-order valence-electron chi connectivity index (χ2n) is 10.3. The first-order valence-electron chi connectivity index (χ1n) is 11.5. The van der Waals surface area contributed by atoms with Crippen LogP contribution in [0, 0.1) is 37.5 Å². The van der Waals surface area contributed by atoms with Gasteiger partial charge in [0.05, 0.1) is 17.1 Å². The number of benzene rings is 1.